The Balaban J connectivity index is 1.68. The Morgan fingerprint density at radius 2 is 2.36 bits per heavy atom. The molecule has 0 spiro atoms. The summed E-state index contributed by atoms with van der Waals surface area (Å²) in [6, 6.07) is 2.03. The fraction of sp³-hybridized carbons (Fsp3) is 0.636. The molecule has 0 aromatic carbocycles. The summed E-state index contributed by atoms with van der Waals surface area (Å²) in [7, 11) is 0. The predicted octanol–water partition coefficient (Wildman–Crippen LogP) is 2.39. The average molecular weight is 191 g/mol. The molecule has 1 heterocycles. The second-order valence-electron chi connectivity index (χ2n) is 4.13. The van der Waals surface area contributed by atoms with Crippen LogP contribution in [-0.4, -0.2) is 16.7 Å². The van der Waals surface area contributed by atoms with Crippen molar-refractivity contribution in [3.63, 3.8) is 0 Å². The lowest BCUT2D eigenvalue weighted by Gasteiger charge is -2.04. The molecule has 0 amide bonds. The highest BCUT2D eigenvalue weighted by molar-refractivity contribution is 5.34. The van der Waals surface area contributed by atoms with Crippen molar-refractivity contribution in [2.24, 2.45) is 5.92 Å². The minimum atomic E-state index is 0.904. The zero-order valence-corrected chi connectivity index (χ0v) is 8.66. The van der Waals surface area contributed by atoms with Crippen LogP contribution in [0.4, 0.5) is 5.82 Å². The number of hydrogen-bond acceptors (Lipinski definition) is 3. The number of hydrogen-bond donors (Lipinski definition) is 1. The molecule has 3 nitrogen and oxygen atoms in total. The molecule has 1 fully saturated rings. The van der Waals surface area contributed by atoms with Crippen LogP contribution in [0.1, 0.15) is 31.2 Å². The summed E-state index contributed by atoms with van der Waals surface area (Å²) < 4.78 is 0. The molecule has 1 saturated carbocycles. The van der Waals surface area contributed by atoms with Gasteiger partial charge in [-0.25, -0.2) is 0 Å². The van der Waals surface area contributed by atoms with E-state index in [4.69, 9.17) is 0 Å². The summed E-state index contributed by atoms with van der Waals surface area (Å²) in [6.07, 6.45) is 7.29. The van der Waals surface area contributed by atoms with Gasteiger partial charge in [-0.05, 0) is 37.3 Å². The molecule has 1 aromatic rings. The van der Waals surface area contributed by atoms with Gasteiger partial charge in [0.2, 0.25) is 0 Å². The van der Waals surface area contributed by atoms with Gasteiger partial charge < -0.3 is 5.32 Å². The lowest BCUT2D eigenvalue weighted by molar-refractivity contribution is 0.686. The van der Waals surface area contributed by atoms with Crippen LogP contribution in [0, 0.1) is 12.8 Å². The van der Waals surface area contributed by atoms with Crippen LogP contribution in [0.5, 0.6) is 0 Å². The van der Waals surface area contributed by atoms with E-state index < -0.39 is 0 Å². The molecule has 14 heavy (non-hydrogen) atoms. The highest BCUT2D eigenvalue weighted by atomic mass is 15.2. The van der Waals surface area contributed by atoms with E-state index in [0.717, 1.165) is 23.8 Å². The Morgan fingerprint density at radius 1 is 1.50 bits per heavy atom. The Kier molecular flexibility index (Phi) is 2.96. The third-order valence-electron chi connectivity index (χ3n) is 2.58. The van der Waals surface area contributed by atoms with E-state index in [1.807, 2.05) is 13.0 Å². The summed E-state index contributed by atoms with van der Waals surface area (Å²) in [4.78, 5) is 0. The molecule has 0 atom stereocenters. The largest absolute Gasteiger partial charge is 0.369 e. The lowest BCUT2D eigenvalue weighted by Crippen LogP contribution is -2.04. The molecule has 0 saturated heterocycles. The maximum Gasteiger partial charge on any atom is 0.148 e. The van der Waals surface area contributed by atoms with Crippen molar-refractivity contribution in [3.05, 3.63) is 17.8 Å². The third kappa shape index (κ3) is 2.98. The molecule has 1 aliphatic carbocycles. The predicted molar refractivity (Wildman–Crippen MR) is 57.2 cm³/mol. The minimum Gasteiger partial charge on any atom is -0.369 e. The van der Waals surface area contributed by atoms with Crippen molar-refractivity contribution in [2.75, 3.05) is 11.9 Å². The first-order chi connectivity index (χ1) is 6.84. The summed E-state index contributed by atoms with van der Waals surface area (Å²) in [6.45, 7) is 3.05. The monoisotopic (exact) mass is 191 g/mol. The lowest BCUT2D eigenvalue weighted by atomic mass is 10.2. The number of nitrogens with zero attached hydrogens (tertiary/aromatic N) is 2. The van der Waals surface area contributed by atoms with Gasteiger partial charge in [0.05, 0.1) is 6.20 Å². The number of aromatic nitrogens is 2. The fourth-order valence-electron chi connectivity index (χ4n) is 1.56. The molecule has 1 aromatic heterocycles. The first-order valence-corrected chi connectivity index (χ1v) is 5.38. The SMILES string of the molecule is Cc1cnnc(NCCCC2CC2)c1. The number of anilines is 1. The van der Waals surface area contributed by atoms with E-state index in [1.165, 1.54) is 25.7 Å². The van der Waals surface area contributed by atoms with Crippen LogP contribution in [-0.2, 0) is 0 Å². The first kappa shape index (κ1) is 9.44. The Labute approximate surface area is 84.9 Å². The standard InChI is InChI=1S/C11H17N3/c1-9-7-11(14-13-8-9)12-6-2-3-10-4-5-10/h7-8,10H,2-6H2,1H3,(H,12,14). The zero-order chi connectivity index (χ0) is 9.80. The van der Waals surface area contributed by atoms with Gasteiger partial charge >= 0.3 is 0 Å². The number of rotatable bonds is 5. The molecule has 1 aliphatic rings. The average Bonchev–Trinajstić information content (AvgIpc) is 2.96. The second kappa shape index (κ2) is 4.40. The Hall–Kier alpha value is -1.12. The molecule has 2 rings (SSSR count). The minimum absolute atomic E-state index is 0.904. The molecule has 0 radical (unpaired) electrons. The van der Waals surface area contributed by atoms with Crippen LogP contribution in [0.2, 0.25) is 0 Å². The van der Waals surface area contributed by atoms with Crippen LogP contribution in [0.15, 0.2) is 12.3 Å². The molecular formula is C11H17N3. The van der Waals surface area contributed by atoms with Crippen molar-refractivity contribution in [2.45, 2.75) is 32.6 Å². The highest BCUT2D eigenvalue weighted by Gasteiger charge is 2.19. The zero-order valence-electron chi connectivity index (χ0n) is 8.66. The summed E-state index contributed by atoms with van der Waals surface area (Å²) in [5, 5.41) is 11.2. The highest BCUT2D eigenvalue weighted by Crippen LogP contribution is 2.33. The quantitative estimate of drug-likeness (QED) is 0.726. The molecule has 0 bridgehead atoms. The van der Waals surface area contributed by atoms with Gasteiger partial charge in [0.25, 0.3) is 0 Å². The number of aryl methyl sites for hydroxylation is 1. The maximum absolute atomic E-state index is 4.01. The van der Waals surface area contributed by atoms with Crippen molar-refractivity contribution in [1.82, 2.24) is 10.2 Å². The molecule has 0 unspecified atom stereocenters. The first-order valence-electron chi connectivity index (χ1n) is 5.38. The van der Waals surface area contributed by atoms with E-state index in [1.54, 1.807) is 6.20 Å². The van der Waals surface area contributed by atoms with E-state index >= 15 is 0 Å². The number of nitrogens with one attached hydrogen (secondary N) is 1. The Bertz CT molecular complexity index is 294. The van der Waals surface area contributed by atoms with Gasteiger partial charge in [0.15, 0.2) is 0 Å². The van der Waals surface area contributed by atoms with E-state index in [9.17, 15) is 0 Å². The summed E-state index contributed by atoms with van der Waals surface area (Å²) in [5.74, 6) is 1.93. The van der Waals surface area contributed by atoms with E-state index in [-0.39, 0.29) is 0 Å². The topological polar surface area (TPSA) is 37.8 Å². The smallest absolute Gasteiger partial charge is 0.148 e. The van der Waals surface area contributed by atoms with Crippen molar-refractivity contribution >= 4 is 5.82 Å². The van der Waals surface area contributed by atoms with Gasteiger partial charge in [-0.15, -0.1) is 5.10 Å². The Morgan fingerprint density at radius 3 is 3.07 bits per heavy atom. The molecule has 1 N–H and O–H groups in total. The third-order valence-corrected chi connectivity index (χ3v) is 2.58. The van der Waals surface area contributed by atoms with Crippen LogP contribution < -0.4 is 5.32 Å². The van der Waals surface area contributed by atoms with Crippen molar-refractivity contribution < 1.29 is 0 Å². The van der Waals surface area contributed by atoms with E-state index in [0.29, 0.717) is 0 Å². The molecule has 76 valence electrons. The van der Waals surface area contributed by atoms with Gasteiger partial charge in [0, 0.05) is 6.54 Å². The van der Waals surface area contributed by atoms with Crippen molar-refractivity contribution in [1.29, 1.82) is 0 Å². The normalized spacial score (nSPS) is 15.5. The van der Waals surface area contributed by atoms with Gasteiger partial charge in [-0.1, -0.05) is 12.8 Å². The second-order valence-corrected chi connectivity index (χ2v) is 4.13. The van der Waals surface area contributed by atoms with Gasteiger partial charge in [-0.2, -0.15) is 5.10 Å². The van der Waals surface area contributed by atoms with Crippen LogP contribution in [0.3, 0.4) is 0 Å². The van der Waals surface area contributed by atoms with Crippen LogP contribution >= 0.6 is 0 Å². The summed E-state index contributed by atoms with van der Waals surface area (Å²) >= 11 is 0. The fourth-order valence-corrected chi connectivity index (χ4v) is 1.56. The van der Waals surface area contributed by atoms with Crippen LogP contribution in [0.25, 0.3) is 0 Å². The van der Waals surface area contributed by atoms with E-state index in [2.05, 4.69) is 15.5 Å². The molecular weight excluding hydrogens is 174 g/mol. The van der Waals surface area contributed by atoms with Gasteiger partial charge in [0.1, 0.15) is 5.82 Å². The molecule has 0 aliphatic heterocycles. The summed E-state index contributed by atoms with van der Waals surface area (Å²) in [5.41, 5.74) is 1.16. The maximum atomic E-state index is 4.01. The van der Waals surface area contributed by atoms with Gasteiger partial charge in [-0.3, -0.25) is 0 Å². The molecule has 3 heteroatoms. The van der Waals surface area contributed by atoms with Crippen molar-refractivity contribution in [3.8, 4) is 0 Å².